The van der Waals surface area contributed by atoms with Crippen LogP contribution < -0.4 is 0 Å². The molecule has 0 aliphatic heterocycles. The van der Waals surface area contributed by atoms with Crippen LogP contribution in [0.5, 0.6) is 0 Å². The molecule has 0 spiro atoms. The van der Waals surface area contributed by atoms with E-state index >= 15 is 0 Å². The molecule has 0 heterocycles. The molecular weight excluding hydrogens is 236 g/mol. The maximum atomic E-state index is 12.5. The molecule has 1 aromatic rings. The number of aryl methyl sites for hydroxylation is 1. The maximum absolute atomic E-state index is 12.5. The second-order valence-corrected chi connectivity index (χ2v) is 3.58. The van der Waals surface area contributed by atoms with E-state index in [0.717, 1.165) is 6.07 Å². The first-order chi connectivity index (χ1) is 6.36. The predicted octanol–water partition coefficient (Wildman–Crippen LogP) is 4.41. The number of halogens is 5. The van der Waals surface area contributed by atoms with E-state index in [-0.39, 0.29) is 16.5 Å². The van der Waals surface area contributed by atoms with E-state index in [0.29, 0.717) is 5.56 Å². The number of hydrogen-bond donors (Lipinski definition) is 0. The zero-order valence-electron chi connectivity index (χ0n) is 7.25. The molecular formula is C9H7Cl2F3. The van der Waals surface area contributed by atoms with E-state index in [9.17, 15) is 13.2 Å². The molecule has 0 aromatic heterocycles. The highest BCUT2D eigenvalue weighted by Gasteiger charge is 2.33. The van der Waals surface area contributed by atoms with E-state index in [4.69, 9.17) is 23.2 Å². The molecule has 1 aromatic carbocycles. The summed E-state index contributed by atoms with van der Waals surface area (Å²) in [4.78, 5) is 0. The maximum Gasteiger partial charge on any atom is 0.416 e. The van der Waals surface area contributed by atoms with Gasteiger partial charge in [-0.25, -0.2) is 0 Å². The summed E-state index contributed by atoms with van der Waals surface area (Å²) in [7, 11) is 0. The fraction of sp³-hybridized carbons (Fsp3) is 0.333. The highest BCUT2D eigenvalue weighted by atomic mass is 35.5. The Morgan fingerprint density at radius 3 is 2.29 bits per heavy atom. The average molecular weight is 243 g/mol. The molecule has 0 fully saturated rings. The first-order valence-electron chi connectivity index (χ1n) is 3.78. The van der Waals surface area contributed by atoms with Crippen molar-refractivity contribution >= 4 is 23.2 Å². The van der Waals surface area contributed by atoms with Crippen LogP contribution in [0.3, 0.4) is 0 Å². The van der Waals surface area contributed by atoms with Crippen molar-refractivity contribution in [3.8, 4) is 0 Å². The second-order valence-electron chi connectivity index (χ2n) is 2.88. The monoisotopic (exact) mass is 242 g/mol. The predicted molar refractivity (Wildman–Crippen MR) is 50.7 cm³/mol. The Morgan fingerprint density at radius 2 is 1.86 bits per heavy atom. The summed E-state index contributed by atoms with van der Waals surface area (Å²) in [5.74, 6) is -0.169. The van der Waals surface area contributed by atoms with Gasteiger partial charge in [0.15, 0.2) is 0 Å². The summed E-state index contributed by atoms with van der Waals surface area (Å²) >= 11 is 11.0. The molecule has 0 saturated heterocycles. The highest BCUT2D eigenvalue weighted by molar-refractivity contribution is 6.30. The van der Waals surface area contributed by atoms with E-state index in [1.807, 2.05) is 0 Å². The lowest BCUT2D eigenvalue weighted by molar-refractivity contribution is -0.138. The molecule has 0 aliphatic rings. The first-order valence-corrected chi connectivity index (χ1v) is 4.69. The Kier molecular flexibility index (Phi) is 3.32. The Balaban J connectivity index is 3.40. The van der Waals surface area contributed by atoms with Gasteiger partial charge in [-0.15, -0.1) is 11.6 Å². The van der Waals surface area contributed by atoms with Gasteiger partial charge in [-0.2, -0.15) is 13.2 Å². The van der Waals surface area contributed by atoms with Crippen molar-refractivity contribution in [3.05, 3.63) is 33.8 Å². The standard InChI is InChI=1S/C9H7Cl2F3/c1-5-2-6(11)3-8(7(5)4-10)9(12,13)14/h2-3H,4H2,1H3. The molecule has 0 nitrogen and oxygen atoms in total. The van der Waals surface area contributed by atoms with Gasteiger partial charge < -0.3 is 0 Å². The van der Waals surface area contributed by atoms with Crippen LogP contribution in [-0.4, -0.2) is 0 Å². The number of rotatable bonds is 1. The minimum atomic E-state index is -4.40. The molecule has 14 heavy (non-hydrogen) atoms. The van der Waals surface area contributed by atoms with Gasteiger partial charge in [0, 0.05) is 10.9 Å². The van der Waals surface area contributed by atoms with Crippen LogP contribution in [0.2, 0.25) is 5.02 Å². The number of benzene rings is 1. The van der Waals surface area contributed by atoms with Crippen molar-refractivity contribution < 1.29 is 13.2 Å². The van der Waals surface area contributed by atoms with Crippen molar-refractivity contribution in [1.82, 2.24) is 0 Å². The fourth-order valence-electron chi connectivity index (χ4n) is 1.20. The lowest BCUT2D eigenvalue weighted by atomic mass is 10.0. The first kappa shape index (κ1) is 11.7. The van der Waals surface area contributed by atoms with Crippen LogP contribution in [0.4, 0.5) is 13.2 Å². The van der Waals surface area contributed by atoms with Crippen LogP contribution in [0, 0.1) is 6.92 Å². The third-order valence-electron chi connectivity index (χ3n) is 1.88. The molecule has 0 aliphatic carbocycles. The van der Waals surface area contributed by atoms with Gasteiger partial charge in [-0.3, -0.25) is 0 Å². The van der Waals surface area contributed by atoms with Crippen molar-refractivity contribution in [3.63, 3.8) is 0 Å². The molecule has 0 bridgehead atoms. The van der Waals surface area contributed by atoms with Gasteiger partial charge in [0.1, 0.15) is 0 Å². The van der Waals surface area contributed by atoms with Crippen LogP contribution in [0.25, 0.3) is 0 Å². The summed E-state index contributed by atoms with van der Waals surface area (Å²) in [6.45, 7) is 1.55. The van der Waals surface area contributed by atoms with Gasteiger partial charge in [0.25, 0.3) is 0 Å². The fourth-order valence-corrected chi connectivity index (χ4v) is 1.83. The molecule has 0 atom stereocenters. The summed E-state index contributed by atoms with van der Waals surface area (Å²) < 4.78 is 37.4. The molecule has 5 heteroatoms. The van der Waals surface area contributed by atoms with Crippen molar-refractivity contribution in [1.29, 1.82) is 0 Å². The van der Waals surface area contributed by atoms with E-state index in [1.165, 1.54) is 6.07 Å². The smallest absolute Gasteiger partial charge is 0.166 e. The Bertz CT molecular complexity index is 345. The van der Waals surface area contributed by atoms with Gasteiger partial charge in [0.05, 0.1) is 5.56 Å². The van der Waals surface area contributed by atoms with Crippen molar-refractivity contribution in [2.45, 2.75) is 19.0 Å². The third kappa shape index (κ3) is 2.34. The Hall–Kier alpha value is -0.410. The van der Waals surface area contributed by atoms with Gasteiger partial charge in [-0.05, 0) is 30.2 Å². The Labute approximate surface area is 89.6 Å². The van der Waals surface area contributed by atoms with Crippen molar-refractivity contribution in [2.75, 3.05) is 0 Å². The molecule has 78 valence electrons. The van der Waals surface area contributed by atoms with Crippen LogP contribution in [-0.2, 0) is 12.1 Å². The normalized spacial score (nSPS) is 11.9. The van der Waals surface area contributed by atoms with E-state index in [1.54, 1.807) is 6.92 Å². The van der Waals surface area contributed by atoms with Crippen LogP contribution in [0.1, 0.15) is 16.7 Å². The van der Waals surface area contributed by atoms with E-state index in [2.05, 4.69) is 0 Å². The SMILES string of the molecule is Cc1cc(Cl)cc(C(F)(F)F)c1CCl. The molecule has 0 amide bonds. The summed E-state index contributed by atoms with van der Waals surface area (Å²) in [5.41, 5.74) is -0.208. The largest absolute Gasteiger partial charge is 0.416 e. The van der Waals surface area contributed by atoms with Crippen LogP contribution in [0.15, 0.2) is 12.1 Å². The van der Waals surface area contributed by atoms with Gasteiger partial charge in [0.2, 0.25) is 0 Å². The lowest BCUT2D eigenvalue weighted by Crippen LogP contribution is -2.09. The minimum absolute atomic E-state index is 0.0729. The summed E-state index contributed by atoms with van der Waals surface area (Å²) in [5, 5.41) is 0.0729. The highest BCUT2D eigenvalue weighted by Crippen LogP contribution is 2.35. The molecule has 0 saturated carbocycles. The van der Waals surface area contributed by atoms with E-state index < -0.39 is 11.7 Å². The zero-order chi connectivity index (χ0) is 10.9. The van der Waals surface area contributed by atoms with Crippen LogP contribution >= 0.6 is 23.2 Å². The average Bonchev–Trinajstić information content (AvgIpc) is 2.01. The summed E-state index contributed by atoms with van der Waals surface area (Å²) in [6, 6.07) is 2.36. The quantitative estimate of drug-likeness (QED) is 0.641. The minimum Gasteiger partial charge on any atom is -0.166 e. The summed E-state index contributed by atoms with van der Waals surface area (Å²) in [6.07, 6.45) is -4.40. The van der Waals surface area contributed by atoms with Crippen molar-refractivity contribution in [2.24, 2.45) is 0 Å². The van der Waals surface area contributed by atoms with Gasteiger partial charge in [-0.1, -0.05) is 11.6 Å². The topological polar surface area (TPSA) is 0 Å². The third-order valence-corrected chi connectivity index (χ3v) is 2.36. The second kappa shape index (κ2) is 3.99. The Morgan fingerprint density at radius 1 is 1.29 bits per heavy atom. The molecule has 0 radical (unpaired) electrons. The lowest BCUT2D eigenvalue weighted by Gasteiger charge is -2.13. The number of hydrogen-bond acceptors (Lipinski definition) is 0. The molecule has 0 N–H and O–H groups in total. The number of alkyl halides is 4. The molecule has 0 unspecified atom stereocenters. The van der Waals surface area contributed by atoms with Gasteiger partial charge >= 0.3 is 6.18 Å². The molecule has 1 rings (SSSR count). The zero-order valence-corrected chi connectivity index (χ0v) is 8.76.